The highest BCUT2D eigenvalue weighted by atomic mass is 32.1. The molecule has 0 bridgehead atoms. The molecule has 0 saturated heterocycles. The van der Waals surface area contributed by atoms with Crippen LogP contribution in [0.25, 0.3) is 69.5 Å². The van der Waals surface area contributed by atoms with E-state index in [1.54, 1.807) is 0 Å². The number of thiophene rings is 1. The molecular weight excluding hydrogens is 571 g/mol. The van der Waals surface area contributed by atoms with Crippen molar-refractivity contribution in [2.45, 2.75) is 27.7 Å². The maximum Gasteiger partial charge on any atom is 0.140 e. The molecule has 0 saturated carbocycles. The molecule has 1 heterocycles. The highest BCUT2D eigenvalue weighted by molar-refractivity contribution is 7.26. The van der Waals surface area contributed by atoms with Gasteiger partial charge >= 0.3 is 0 Å². The Hall–Kier alpha value is -4.92. The molecule has 0 amide bonds. The van der Waals surface area contributed by atoms with Crippen molar-refractivity contribution in [3.05, 3.63) is 156 Å². The molecule has 2 heteroatoms. The first-order valence-electron chi connectivity index (χ1n) is 16.1. The van der Waals surface area contributed by atoms with Crippen LogP contribution in [0, 0.1) is 0 Å². The summed E-state index contributed by atoms with van der Waals surface area (Å²) in [6, 6.07) is 40.3. The van der Waals surface area contributed by atoms with Gasteiger partial charge in [-0.1, -0.05) is 139 Å². The van der Waals surface area contributed by atoms with Crippen LogP contribution in [0.15, 0.2) is 151 Å². The predicted octanol–water partition coefficient (Wildman–Crippen LogP) is 11.8. The Balaban J connectivity index is 1.50. The van der Waals surface area contributed by atoms with Crippen LogP contribution in [0.4, 0.5) is 0 Å². The van der Waals surface area contributed by atoms with Crippen molar-refractivity contribution in [3.63, 3.8) is 0 Å². The Kier molecular flexibility index (Phi) is 8.07. The predicted molar refractivity (Wildman–Crippen MR) is 209 cm³/mol. The molecule has 0 unspecified atom stereocenters. The SMILES string of the molecule is Bc1cccc2c(-c3cccc4c3sc3cccc(/C(C)=C/C=C(C)/C(C)=C/C=C\C)c34)c3ccccc3c(-c3ccccc3)c12. The van der Waals surface area contributed by atoms with Gasteiger partial charge in [0.05, 0.1) is 0 Å². The first kappa shape index (κ1) is 29.8. The van der Waals surface area contributed by atoms with Crippen LogP contribution in [-0.4, -0.2) is 7.85 Å². The Bertz CT molecular complexity index is 2400. The van der Waals surface area contributed by atoms with E-state index in [0.29, 0.717) is 0 Å². The lowest BCUT2D eigenvalue weighted by Gasteiger charge is -2.19. The monoisotopic (exact) mass is 608 g/mol. The maximum absolute atomic E-state index is 2.33. The minimum absolute atomic E-state index is 1.26. The average molecular weight is 609 g/mol. The van der Waals surface area contributed by atoms with Crippen LogP contribution in [0.2, 0.25) is 0 Å². The van der Waals surface area contributed by atoms with Gasteiger partial charge in [-0.3, -0.25) is 0 Å². The zero-order valence-electron chi connectivity index (χ0n) is 27.2. The van der Waals surface area contributed by atoms with Gasteiger partial charge in [0.15, 0.2) is 0 Å². The zero-order valence-corrected chi connectivity index (χ0v) is 28.0. The highest BCUT2D eigenvalue weighted by Crippen LogP contribution is 2.48. The van der Waals surface area contributed by atoms with Gasteiger partial charge in [0.25, 0.3) is 0 Å². The molecule has 46 heavy (non-hydrogen) atoms. The van der Waals surface area contributed by atoms with Crippen LogP contribution in [0.5, 0.6) is 0 Å². The van der Waals surface area contributed by atoms with Crippen LogP contribution in [0.1, 0.15) is 33.3 Å². The van der Waals surface area contributed by atoms with Gasteiger partial charge in [-0.2, -0.15) is 0 Å². The van der Waals surface area contributed by atoms with E-state index in [-0.39, 0.29) is 0 Å². The summed E-state index contributed by atoms with van der Waals surface area (Å²) in [6.07, 6.45) is 10.9. The third-order valence-electron chi connectivity index (χ3n) is 9.28. The number of hydrogen-bond donors (Lipinski definition) is 0. The summed E-state index contributed by atoms with van der Waals surface area (Å²) in [5.41, 5.74) is 11.6. The third kappa shape index (κ3) is 5.13. The minimum atomic E-state index is 1.26. The largest absolute Gasteiger partial charge is 0.140 e. The Labute approximate surface area is 277 Å². The molecule has 0 aliphatic rings. The van der Waals surface area contributed by atoms with Crippen LogP contribution in [-0.2, 0) is 0 Å². The second-order valence-corrected chi connectivity index (χ2v) is 13.2. The van der Waals surface area contributed by atoms with Gasteiger partial charge in [-0.25, -0.2) is 0 Å². The van der Waals surface area contributed by atoms with Gasteiger partial charge in [0, 0.05) is 25.7 Å². The number of fused-ring (bicyclic) bond motifs is 5. The summed E-state index contributed by atoms with van der Waals surface area (Å²) in [4.78, 5) is 0. The molecule has 7 aromatic rings. The van der Waals surface area contributed by atoms with Gasteiger partial charge in [0.2, 0.25) is 0 Å². The van der Waals surface area contributed by atoms with E-state index in [4.69, 9.17) is 0 Å². The van der Waals surface area contributed by atoms with E-state index in [2.05, 4.69) is 175 Å². The topological polar surface area (TPSA) is 0 Å². The summed E-state index contributed by atoms with van der Waals surface area (Å²) >= 11 is 1.92. The van der Waals surface area contributed by atoms with Gasteiger partial charge in [-0.05, 0) is 94.3 Å². The molecule has 0 aliphatic carbocycles. The lowest BCUT2D eigenvalue weighted by atomic mass is 9.80. The van der Waals surface area contributed by atoms with Crippen molar-refractivity contribution in [2.75, 3.05) is 0 Å². The minimum Gasteiger partial charge on any atom is -0.135 e. The number of benzene rings is 6. The molecule has 7 rings (SSSR count). The molecule has 0 nitrogen and oxygen atoms in total. The molecule has 0 fully saturated rings. The zero-order chi connectivity index (χ0) is 31.8. The highest BCUT2D eigenvalue weighted by Gasteiger charge is 2.20. The molecule has 222 valence electrons. The molecule has 0 aliphatic heterocycles. The molecule has 0 N–H and O–H groups in total. The normalized spacial score (nSPS) is 13.2. The number of allylic oxidation sites excluding steroid dienone is 8. The van der Waals surface area contributed by atoms with Gasteiger partial charge in [-0.15, -0.1) is 11.3 Å². The molecule has 0 spiro atoms. The van der Waals surface area contributed by atoms with E-state index < -0.39 is 0 Å². The fourth-order valence-electron chi connectivity index (χ4n) is 6.82. The Morgan fingerprint density at radius 3 is 2.02 bits per heavy atom. The standard InChI is InChI=1S/C44H37BS/c1-5-6-15-28(2)29(3)26-27-30(4)32-20-14-25-39-42(32)37-23-12-22-36(44(37)46-39)41-34-19-11-10-18-33(34)40(31-16-8-7-9-17-31)43-35(41)21-13-24-38(43)45/h5-27H,45H2,1-4H3/b6-5-,28-15+,29-26+,30-27+. The second-order valence-electron chi connectivity index (χ2n) is 12.2. The maximum atomic E-state index is 2.33. The van der Waals surface area contributed by atoms with Crippen molar-refractivity contribution < 1.29 is 0 Å². The average Bonchev–Trinajstić information content (AvgIpc) is 3.48. The van der Waals surface area contributed by atoms with Crippen molar-refractivity contribution >= 4 is 71.9 Å². The van der Waals surface area contributed by atoms with Crippen molar-refractivity contribution in [1.82, 2.24) is 0 Å². The third-order valence-corrected chi connectivity index (χ3v) is 10.5. The van der Waals surface area contributed by atoms with Gasteiger partial charge < -0.3 is 0 Å². The fraction of sp³-hybridized carbons (Fsp3) is 0.0909. The molecule has 1 aromatic heterocycles. The van der Waals surface area contributed by atoms with E-state index in [1.807, 2.05) is 11.3 Å². The van der Waals surface area contributed by atoms with E-state index >= 15 is 0 Å². The first-order valence-corrected chi connectivity index (χ1v) is 16.9. The van der Waals surface area contributed by atoms with Crippen molar-refractivity contribution in [1.29, 1.82) is 0 Å². The second kappa shape index (κ2) is 12.5. The van der Waals surface area contributed by atoms with Crippen molar-refractivity contribution in [3.8, 4) is 22.3 Å². The van der Waals surface area contributed by atoms with Crippen LogP contribution < -0.4 is 5.46 Å². The molecule has 6 aromatic carbocycles. The summed E-state index contributed by atoms with van der Waals surface area (Å²) in [6.45, 7) is 8.65. The first-order chi connectivity index (χ1) is 22.5. The smallest absolute Gasteiger partial charge is 0.135 e. The van der Waals surface area contributed by atoms with Gasteiger partial charge in [0.1, 0.15) is 7.85 Å². The van der Waals surface area contributed by atoms with E-state index in [1.165, 1.54) is 91.7 Å². The Morgan fingerprint density at radius 1 is 0.587 bits per heavy atom. The van der Waals surface area contributed by atoms with Crippen molar-refractivity contribution in [2.24, 2.45) is 0 Å². The van der Waals surface area contributed by atoms with Crippen LogP contribution in [0.3, 0.4) is 0 Å². The quantitative estimate of drug-likeness (QED) is 0.100. The van der Waals surface area contributed by atoms with E-state index in [0.717, 1.165) is 0 Å². The lowest BCUT2D eigenvalue weighted by molar-refractivity contribution is 1.34. The fourth-order valence-corrected chi connectivity index (χ4v) is 8.07. The summed E-state index contributed by atoms with van der Waals surface area (Å²) in [5.74, 6) is 0. The lowest BCUT2D eigenvalue weighted by Crippen LogP contribution is -2.06. The number of rotatable bonds is 6. The molecule has 0 radical (unpaired) electrons. The summed E-state index contributed by atoms with van der Waals surface area (Å²) in [5, 5.41) is 7.90. The van der Waals surface area contributed by atoms with E-state index in [9.17, 15) is 0 Å². The summed E-state index contributed by atoms with van der Waals surface area (Å²) in [7, 11) is 2.25. The summed E-state index contributed by atoms with van der Waals surface area (Å²) < 4.78 is 2.67. The number of hydrogen-bond acceptors (Lipinski definition) is 1. The Morgan fingerprint density at radius 2 is 1.24 bits per heavy atom. The molecule has 0 atom stereocenters. The van der Waals surface area contributed by atoms with Crippen LogP contribution >= 0.6 is 11.3 Å². The molecular formula is C44H37BS.